The quantitative estimate of drug-likeness (QED) is 0.670. The fourth-order valence-electron chi connectivity index (χ4n) is 3.51. The Bertz CT molecular complexity index is 1090. The fraction of sp³-hybridized carbons (Fsp3) is 0.238. The second-order valence-corrected chi connectivity index (χ2v) is 6.69. The summed E-state index contributed by atoms with van der Waals surface area (Å²) in [6.45, 7) is 1.94. The van der Waals surface area contributed by atoms with E-state index in [4.69, 9.17) is 0 Å². The number of carbonyl (C=O) groups is 2. The van der Waals surface area contributed by atoms with Gasteiger partial charge in [0.25, 0.3) is 17.4 Å². The van der Waals surface area contributed by atoms with E-state index in [9.17, 15) is 14.4 Å². The first-order valence-electron chi connectivity index (χ1n) is 8.99. The second-order valence-electron chi connectivity index (χ2n) is 6.69. The molecule has 0 N–H and O–H groups in total. The number of aryl methyl sites for hydroxylation is 1. The normalized spacial score (nSPS) is 16.6. The number of rotatable bonds is 4. The molecule has 0 bridgehead atoms. The van der Waals surface area contributed by atoms with Gasteiger partial charge in [0.15, 0.2) is 0 Å². The summed E-state index contributed by atoms with van der Waals surface area (Å²) in [6.07, 6.45) is 1.43. The second kappa shape index (κ2) is 6.79. The van der Waals surface area contributed by atoms with Gasteiger partial charge in [0.05, 0.1) is 10.9 Å². The summed E-state index contributed by atoms with van der Waals surface area (Å²) in [5, 5.41) is 0.409. The first-order valence-corrected chi connectivity index (χ1v) is 8.99. The molecule has 0 saturated carbocycles. The highest BCUT2D eigenvalue weighted by molar-refractivity contribution is 6.07. The molecule has 2 amide bonds. The first-order chi connectivity index (χ1) is 13.1. The van der Waals surface area contributed by atoms with Gasteiger partial charge in [-0.2, -0.15) is 0 Å². The van der Waals surface area contributed by atoms with E-state index in [1.165, 1.54) is 9.47 Å². The van der Waals surface area contributed by atoms with Crippen LogP contribution in [-0.4, -0.2) is 32.8 Å². The van der Waals surface area contributed by atoms with Gasteiger partial charge in [-0.1, -0.05) is 42.5 Å². The zero-order valence-corrected chi connectivity index (χ0v) is 15.0. The van der Waals surface area contributed by atoms with Gasteiger partial charge < -0.3 is 0 Å². The third-order valence-electron chi connectivity index (χ3n) is 4.94. The van der Waals surface area contributed by atoms with Gasteiger partial charge in [0.2, 0.25) is 5.82 Å². The molecule has 6 nitrogen and oxygen atoms in total. The van der Waals surface area contributed by atoms with Crippen LogP contribution in [0.4, 0.5) is 0 Å². The highest BCUT2D eigenvalue weighted by Gasteiger charge is 2.38. The lowest BCUT2D eigenvalue weighted by molar-refractivity contribution is -0.132. The molecule has 1 aliphatic heterocycles. The minimum atomic E-state index is -0.751. The molecule has 27 heavy (non-hydrogen) atoms. The molecule has 1 aliphatic rings. The molecule has 2 heterocycles. The van der Waals surface area contributed by atoms with E-state index in [0.29, 0.717) is 23.9 Å². The van der Waals surface area contributed by atoms with Crippen molar-refractivity contribution in [3.05, 3.63) is 76.3 Å². The van der Waals surface area contributed by atoms with E-state index in [1.807, 2.05) is 30.3 Å². The monoisotopic (exact) mass is 361 g/mol. The van der Waals surface area contributed by atoms with E-state index in [-0.39, 0.29) is 17.3 Å². The topological polar surface area (TPSA) is 72.3 Å². The van der Waals surface area contributed by atoms with E-state index >= 15 is 0 Å². The fourth-order valence-corrected chi connectivity index (χ4v) is 3.51. The van der Waals surface area contributed by atoms with Crippen molar-refractivity contribution in [1.29, 1.82) is 0 Å². The highest BCUT2D eigenvalue weighted by Crippen LogP contribution is 2.21. The van der Waals surface area contributed by atoms with Gasteiger partial charge >= 0.3 is 0 Å². The Kier molecular flexibility index (Phi) is 4.32. The first kappa shape index (κ1) is 17.1. The summed E-state index contributed by atoms with van der Waals surface area (Å²) in [7, 11) is 0. The molecule has 6 heteroatoms. The van der Waals surface area contributed by atoms with Crippen LogP contribution in [0.5, 0.6) is 0 Å². The maximum Gasteiger partial charge on any atom is 0.296 e. The van der Waals surface area contributed by atoms with Crippen LogP contribution in [0.1, 0.15) is 35.6 Å². The highest BCUT2D eigenvalue weighted by atomic mass is 16.2. The Hall–Kier alpha value is -3.28. The molecule has 1 aromatic heterocycles. The van der Waals surface area contributed by atoms with Crippen molar-refractivity contribution >= 4 is 22.7 Å². The summed E-state index contributed by atoms with van der Waals surface area (Å²) in [5.41, 5.74) is 1.27. The number of imide groups is 1. The number of fused-ring (bicyclic) bond motifs is 2. The van der Waals surface area contributed by atoms with Crippen LogP contribution in [-0.2, 0) is 11.2 Å². The largest absolute Gasteiger partial charge is 0.296 e. The smallest absolute Gasteiger partial charge is 0.276 e. The predicted octanol–water partition coefficient (Wildman–Crippen LogP) is 2.57. The minimum Gasteiger partial charge on any atom is -0.276 e. The molecule has 0 saturated heterocycles. The third kappa shape index (κ3) is 2.93. The number of carbonyl (C=O) groups excluding carboxylic acids is 2. The number of aromatic nitrogens is 2. The summed E-state index contributed by atoms with van der Waals surface area (Å²) in [6, 6.07) is 16.0. The summed E-state index contributed by atoms with van der Waals surface area (Å²) < 4.78 is 1.22. The number of hydrogen-bond donors (Lipinski definition) is 0. The molecule has 3 aromatic rings. The molecule has 0 fully saturated rings. The lowest BCUT2D eigenvalue weighted by atomic mass is 10.1. The average Bonchev–Trinajstić information content (AvgIpc) is 2.69. The molecule has 2 aromatic carbocycles. The van der Waals surface area contributed by atoms with Crippen molar-refractivity contribution in [2.45, 2.75) is 25.8 Å². The maximum atomic E-state index is 12.9. The molecule has 0 aliphatic carbocycles. The zero-order chi connectivity index (χ0) is 19.0. The van der Waals surface area contributed by atoms with E-state index < -0.39 is 11.9 Å². The van der Waals surface area contributed by atoms with Crippen LogP contribution in [0.15, 0.2) is 59.4 Å². The molecule has 0 spiro atoms. The molecular weight excluding hydrogens is 342 g/mol. The number of hydrogen-bond acceptors (Lipinski definition) is 4. The summed E-state index contributed by atoms with van der Waals surface area (Å²) in [5.74, 6) is -0.834. The number of para-hydroxylation sites is 1. The predicted molar refractivity (Wildman–Crippen MR) is 102 cm³/mol. The molecular formula is C21H19N3O3. The molecule has 0 unspecified atom stereocenters. The molecule has 4 rings (SSSR count). The zero-order valence-electron chi connectivity index (χ0n) is 15.0. The summed E-state index contributed by atoms with van der Waals surface area (Å²) >= 11 is 0. The van der Waals surface area contributed by atoms with Crippen molar-refractivity contribution < 1.29 is 9.59 Å². The average molecular weight is 361 g/mol. The van der Waals surface area contributed by atoms with Crippen molar-refractivity contribution in [1.82, 2.24) is 14.5 Å². The van der Waals surface area contributed by atoms with Crippen LogP contribution >= 0.6 is 0 Å². The number of nitrogens with zero attached hydrogens (tertiary/aromatic N) is 3. The lowest BCUT2D eigenvalue weighted by Crippen LogP contribution is -2.51. The van der Waals surface area contributed by atoms with Crippen LogP contribution in [0.3, 0.4) is 0 Å². The van der Waals surface area contributed by atoms with Gasteiger partial charge in [-0.15, -0.1) is 0 Å². The van der Waals surface area contributed by atoms with E-state index in [1.54, 1.807) is 31.2 Å². The van der Waals surface area contributed by atoms with Crippen molar-refractivity contribution in [2.75, 3.05) is 6.54 Å². The van der Waals surface area contributed by atoms with Crippen molar-refractivity contribution in [3.8, 4) is 0 Å². The van der Waals surface area contributed by atoms with Crippen LogP contribution < -0.4 is 5.56 Å². The minimum absolute atomic E-state index is 0.0329. The third-order valence-corrected chi connectivity index (χ3v) is 4.94. The van der Waals surface area contributed by atoms with Crippen LogP contribution in [0.25, 0.3) is 10.9 Å². The number of benzene rings is 2. The molecule has 136 valence electrons. The SMILES string of the molecule is C[C@H]1C(=O)N(CCCc2ccccc2)C(=O)c2nc3ccccc3c(=O)n21. The Labute approximate surface area is 156 Å². The Balaban J connectivity index is 1.65. The van der Waals surface area contributed by atoms with Crippen molar-refractivity contribution in [3.63, 3.8) is 0 Å². The van der Waals surface area contributed by atoms with Gasteiger partial charge in [-0.25, -0.2) is 4.98 Å². The molecule has 1 atom stereocenters. The Morgan fingerprint density at radius 3 is 2.44 bits per heavy atom. The lowest BCUT2D eigenvalue weighted by Gasteiger charge is -2.31. The van der Waals surface area contributed by atoms with Gasteiger partial charge in [-0.05, 0) is 37.5 Å². The van der Waals surface area contributed by atoms with Gasteiger partial charge in [-0.3, -0.25) is 23.9 Å². The number of amides is 2. The standard InChI is InChI=1S/C21H19N3O3/c1-14-19(25)23(13-7-10-15-8-3-2-4-9-15)21(27)18-22-17-12-6-5-11-16(17)20(26)24(14)18/h2-6,8-9,11-12,14H,7,10,13H2,1H3/t14-/m0/s1. The molecule has 0 radical (unpaired) electrons. The van der Waals surface area contributed by atoms with Crippen LogP contribution in [0, 0.1) is 0 Å². The van der Waals surface area contributed by atoms with Gasteiger partial charge in [0, 0.05) is 6.54 Å². The van der Waals surface area contributed by atoms with E-state index in [2.05, 4.69) is 4.98 Å². The van der Waals surface area contributed by atoms with Crippen LogP contribution in [0.2, 0.25) is 0 Å². The van der Waals surface area contributed by atoms with Gasteiger partial charge in [0.1, 0.15) is 6.04 Å². The Morgan fingerprint density at radius 1 is 0.963 bits per heavy atom. The summed E-state index contributed by atoms with van der Waals surface area (Å²) in [4.78, 5) is 44.0. The van der Waals surface area contributed by atoms with E-state index in [0.717, 1.165) is 12.0 Å². The Morgan fingerprint density at radius 2 is 1.67 bits per heavy atom. The van der Waals surface area contributed by atoms with Crippen molar-refractivity contribution in [2.24, 2.45) is 0 Å². The maximum absolute atomic E-state index is 12.9.